The molecule has 0 spiro atoms. The summed E-state index contributed by atoms with van der Waals surface area (Å²) in [6, 6.07) is 1.16. The van der Waals surface area contributed by atoms with E-state index in [4.69, 9.17) is 17.3 Å². The van der Waals surface area contributed by atoms with E-state index in [1.54, 1.807) is 0 Å². The zero-order chi connectivity index (χ0) is 8.55. The highest BCUT2D eigenvalue weighted by Gasteiger charge is 2.36. The van der Waals surface area contributed by atoms with Crippen LogP contribution in [0.2, 0.25) is 0 Å². The third-order valence-corrected chi connectivity index (χ3v) is 3.25. The van der Waals surface area contributed by atoms with Crippen LogP contribution in [-0.2, 0) is 0 Å². The van der Waals surface area contributed by atoms with Crippen LogP contribution in [0.1, 0.15) is 19.3 Å². The van der Waals surface area contributed by atoms with E-state index < -0.39 is 0 Å². The summed E-state index contributed by atoms with van der Waals surface area (Å²) >= 11 is 6.08. The maximum Gasteiger partial charge on any atom is 0.0703 e. The zero-order valence-corrected chi connectivity index (χ0v) is 7.85. The monoisotopic (exact) mass is 189 g/mol. The molecular formula is C8H16ClN3. The Bertz CT molecular complexity index is 164. The largest absolute Gasteiger partial charge is 0.328 e. The first-order valence-corrected chi connectivity index (χ1v) is 5.09. The molecule has 0 aromatic heterocycles. The fourth-order valence-electron chi connectivity index (χ4n) is 2.20. The van der Waals surface area contributed by atoms with Crippen molar-refractivity contribution in [3.8, 4) is 0 Å². The predicted octanol–water partition coefficient (Wildman–Crippen LogP) is -0.00750. The van der Waals surface area contributed by atoms with E-state index in [1.165, 1.54) is 6.42 Å². The number of fused-ring (bicyclic) bond motifs is 1. The van der Waals surface area contributed by atoms with Crippen molar-refractivity contribution in [1.82, 2.24) is 10.6 Å². The van der Waals surface area contributed by atoms with Gasteiger partial charge in [-0.05, 0) is 19.3 Å². The van der Waals surface area contributed by atoms with Gasteiger partial charge in [0, 0.05) is 24.0 Å². The predicted molar refractivity (Wildman–Crippen MR) is 50.2 cm³/mol. The van der Waals surface area contributed by atoms with Crippen molar-refractivity contribution < 1.29 is 0 Å². The van der Waals surface area contributed by atoms with Gasteiger partial charge in [0.1, 0.15) is 0 Å². The van der Waals surface area contributed by atoms with E-state index in [0.29, 0.717) is 30.2 Å². The fourth-order valence-corrected chi connectivity index (χ4v) is 2.52. The van der Waals surface area contributed by atoms with Crippen molar-refractivity contribution in [2.75, 3.05) is 6.54 Å². The van der Waals surface area contributed by atoms with Crippen molar-refractivity contribution in [2.24, 2.45) is 5.73 Å². The molecule has 2 fully saturated rings. The van der Waals surface area contributed by atoms with Crippen LogP contribution in [0.15, 0.2) is 0 Å². The minimum Gasteiger partial charge on any atom is -0.328 e. The summed E-state index contributed by atoms with van der Waals surface area (Å²) in [6.07, 6.45) is 3.70. The summed E-state index contributed by atoms with van der Waals surface area (Å²) in [4.78, 5) is 0. The molecule has 0 amide bonds. The summed E-state index contributed by atoms with van der Waals surface area (Å²) in [7, 11) is 0. The van der Waals surface area contributed by atoms with E-state index in [1.807, 2.05) is 0 Å². The van der Waals surface area contributed by atoms with Crippen LogP contribution in [0.5, 0.6) is 0 Å². The Balaban J connectivity index is 1.93. The van der Waals surface area contributed by atoms with E-state index in [0.717, 1.165) is 12.8 Å². The Morgan fingerprint density at radius 3 is 2.75 bits per heavy atom. The quantitative estimate of drug-likeness (QED) is 0.509. The Hall–Kier alpha value is 0.170. The summed E-state index contributed by atoms with van der Waals surface area (Å²) in [5.41, 5.74) is 5.56. The molecule has 1 aliphatic carbocycles. The zero-order valence-electron chi connectivity index (χ0n) is 7.09. The van der Waals surface area contributed by atoms with Crippen molar-refractivity contribution in [2.45, 2.75) is 42.9 Å². The van der Waals surface area contributed by atoms with Crippen LogP contribution < -0.4 is 16.4 Å². The molecule has 1 aliphatic heterocycles. The van der Waals surface area contributed by atoms with Gasteiger partial charge >= 0.3 is 0 Å². The molecule has 0 radical (unpaired) electrons. The van der Waals surface area contributed by atoms with Gasteiger partial charge in [-0.2, -0.15) is 0 Å². The van der Waals surface area contributed by atoms with Crippen LogP contribution in [0.4, 0.5) is 0 Å². The minimum atomic E-state index is 0.307. The molecule has 4 atom stereocenters. The molecule has 0 aromatic rings. The number of halogens is 1. The van der Waals surface area contributed by atoms with Gasteiger partial charge in [0.2, 0.25) is 0 Å². The maximum absolute atomic E-state index is 6.08. The van der Waals surface area contributed by atoms with Crippen LogP contribution >= 0.6 is 11.6 Å². The summed E-state index contributed by atoms with van der Waals surface area (Å²) in [5.74, 6) is 0. The van der Waals surface area contributed by atoms with Gasteiger partial charge in [-0.15, -0.1) is 11.6 Å². The topological polar surface area (TPSA) is 50.1 Å². The molecule has 1 heterocycles. The second kappa shape index (κ2) is 3.50. The molecule has 70 valence electrons. The molecule has 2 aliphatic rings. The summed E-state index contributed by atoms with van der Waals surface area (Å²) < 4.78 is 0. The number of alkyl halides is 1. The molecule has 4 unspecified atom stereocenters. The number of nitrogens with one attached hydrogen (secondary N) is 2. The average Bonchev–Trinajstić information content (AvgIpc) is 2.46. The van der Waals surface area contributed by atoms with Crippen molar-refractivity contribution in [3.63, 3.8) is 0 Å². The molecule has 0 aromatic carbocycles. The standard InChI is InChI=1S/C8H16ClN3/c9-5-1-2-6-7(3-5)12-8(4-10)11-6/h5-8,11-12H,1-4,10H2. The van der Waals surface area contributed by atoms with Crippen LogP contribution in [-0.4, -0.2) is 30.2 Å². The van der Waals surface area contributed by atoms with Crippen molar-refractivity contribution in [1.29, 1.82) is 0 Å². The second-order valence-electron chi connectivity index (χ2n) is 3.74. The highest BCUT2D eigenvalue weighted by Crippen LogP contribution is 2.26. The van der Waals surface area contributed by atoms with Gasteiger partial charge in [-0.1, -0.05) is 0 Å². The Labute approximate surface area is 78.0 Å². The van der Waals surface area contributed by atoms with E-state index in [9.17, 15) is 0 Å². The van der Waals surface area contributed by atoms with Crippen LogP contribution in [0.3, 0.4) is 0 Å². The van der Waals surface area contributed by atoms with E-state index >= 15 is 0 Å². The molecule has 0 bridgehead atoms. The highest BCUT2D eigenvalue weighted by molar-refractivity contribution is 6.20. The van der Waals surface area contributed by atoms with Crippen molar-refractivity contribution in [3.05, 3.63) is 0 Å². The molecule has 1 saturated heterocycles. The molecule has 12 heavy (non-hydrogen) atoms. The highest BCUT2D eigenvalue weighted by atomic mass is 35.5. The van der Waals surface area contributed by atoms with Gasteiger partial charge < -0.3 is 5.73 Å². The molecule has 2 rings (SSSR count). The van der Waals surface area contributed by atoms with Gasteiger partial charge in [0.25, 0.3) is 0 Å². The lowest BCUT2D eigenvalue weighted by Gasteiger charge is -2.27. The van der Waals surface area contributed by atoms with Gasteiger partial charge in [0.15, 0.2) is 0 Å². The first-order valence-electron chi connectivity index (χ1n) is 4.66. The summed E-state index contributed by atoms with van der Waals surface area (Å²) in [5, 5.41) is 7.28. The molecule has 3 nitrogen and oxygen atoms in total. The Kier molecular flexibility index (Phi) is 2.55. The third-order valence-electron chi connectivity index (χ3n) is 2.85. The molecule has 4 N–H and O–H groups in total. The lowest BCUT2D eigenvalue weighted by molar-refractivity contribution is 0.378. The third kappa shape index (κ3) is 1.59. The van der Waals surface area contributed by atoms with Gasteiger partial charge in [0.05, 0.1) is 6.17 Å². The summed E-state index contributed by atoms with van der Waals surface area (Å²) in [6.45, 7) is 0.667. The SMILES string of the molecule is NCC1NC2CCC(Cl)CC2N1. The average molecular weight is 190 g/mol. The van der Waals surface area contributed by atoms with E-state index in [2.05, 4.69) is 10.6 Å². The number of nitrogens with two attached hydrogens (primary N) is 1. The Morgan fingerprint density at radius 2 is 2.00 bits per heavy atom. The van der Waals surface area contributed by atoms with Crippen LogP contribution in [0, 0.1) is 0 Å². The van der Waals surface area contributed by atoms with E-state index in [-0.39, 0.29) is 0 Å². The minimum absolute atomic E-state index is 0.307. The number of hydrogen-bond acceptors (Lipinski definition) is 3. The molecule has 4 heteroatoms. The van der Waals surface area contributed by atoms with Gasteiger partial charge in [-0.3, -0.25) is 10.6 Å². The first-order chi connectivity index (χ1) is 5.79. The molecule has 1 saturated carbocycles. The second-order valence-corrected chi connectivity index (χ2v) is 4.36. The fraction of sp³-hybridized carbons (Fsp3) is 1.00. The number of rotatable bonds is 1. The van der Waals surface area contributed by atoms with Crippen molar-refractivity contribution >= 4 is 11.6 Å². The maximum atomic E-state index is 6.08. The first kappa shape index (κ1) is 8.75. The molecular weight excluding hydrogens is 174 g/mol. The normalized spacial score (nSPS) is 47.5. The number of hydrogen-bond donors (Lipinski definition) is 3. The smallest absolute Gasteiger partial charge is 0.0703 e. The Morgan fingerprint density at radius 1 is 1.25 bits per heavy atom. The van der Waals surface area contributed by atoms with Gasteiger partial charge in [-0.25, -0.2) is 0 Å². The lowest BCUT2D eigenvalue weighted by Crippen LogP contribution is -2.40. The van der Waals surface area contributed by atoms with Crippen LogP contribution in [0.25, 0.3) is 0 Å². The lowest BCUT2D eigenvalue weighted by atomic mass is 9.91.